The van der Waals surface area contributed by atoms with Crippen LogP contribution in [-0.2, 0) is 10.2 Å². The Morgan fingerprint density at radius 2 is 2.12 bits per heavy atom. The number of halogens is 1. The maximum atomic E-state index is 12.9. The number of fused-ring (bicyclic) bond motifs is 1. The van der Waals surface area contributed by atoms with Gasteiger partial charge in [-0.05, 0) is 37.5 Å². The van der Waals surface area contributed by atoms with Crippen LogP contribution in [0.4, 0.5) is 0 Å². The van der Waals surface area contributed by atoms with E-state index in [1.165, 1.54) is 11.3 Å². The quantitative estimate of drug-likeness (QED) is 0.689. The lowest BCUT2D eigenvalue weighted by Crippen LogP contribution is -2.77. The molecule has 0 unspecified atom stereocenters. The van der Waals surface area contributed by atoms with Gasteiger partial charge in [0, 0.05) is 46.2 Å². The number of aromatic nitrogens is 1. The average molecular weight is 472 g/mol. The van der Waals surface area contributed by atoms with Gasteiger partial charge in [0.2, 0.25) is 0 Å². The first-order valence-electron chi connectivity index (χ1n) is 10.9. The normalized spacial score (nSPS) is 36.3. The van der Waals surface area contributed by atoms with E-state index in [0.717, 1.165) is 37.8 Å². The van der Waals surface area contributed by atoms with E-state index in [2.05, 4.69) is 21.8 Å². The largest absolute Gasteiger partial charge is 0.480 e. The van der Waals surface area contributed by atoms with E-state index in [9.17, 15) is 9.90 Å². The molecule has 2 aromatic rings. The number of ether oxygens (including phenoxy) is 2. The van der Waals surface area contributed by atoms with Crippen molar-refractivity contribution in [2.24, 2.45) is 5.92 Å². The maximum Gasteiger partial charge on any atom is 0.273 e. The minimum Gasteiger partial charge on any atom is -0.480 e. The number of carbonyl (C=O) groups excluding carboxylic acids is 1. The number of benzene rings is 1. The third-order valence-electron chi connectivity index (χ3n) is 7.32. The van der Waals surface area contributed by atoms with Crippen molar-refractivity contribution in [1.29, 1.82) is 5.26 Å². The minimum atomic E-state index is -0.778. The Kier molecular flexibility index (Phi) is 4.49. The highest BCUT2D eigenvalue weighted by Gasteiger charge is 2.70. The van der Waals surface area contributed by atoms with Crippen LogP contribution in [-0.4, -0.2) is 33.7 Å². The molecule has 2 N–H and O–H groups in total. The van der Waals surface area contributed by atoms with Crippen molar-refractivity contribution >= 4 is 28.8 Å². The molecule has 5 aliphatic rings. The average Bonchev–Trinajstić information content (AvgIpc) is 3.14. The van der Waals surface area contributed by atoms with Crippen molar-refractivity contribution in [2.45, 2.75) is 67.8 Å². The van der Waals surface area contributed by atoms with Gasteiger partial charge in [-0.1, -0.05) is 22.9 Å². The lowest BCUT2D eigenvalue weighted by Gasteiger charge is -2.70. The Morgan fingerprint density at radius 1 is 1.34 bits per heavy atom. The zero-order chi connectivity index (χ0) is 22.1. The van der Waals surface area contributed by atoms with E-state index >= 15 is 0 Å². The molecule has 0 radical (unpaired) electrons. The molecular formula is C23H22ClN3O4S. The van der Waals surface area contributed by atoms with Gasteiger partial charge in [-0.2, -0.15) is 5.26 Å². The molecule has 32 heavy (non-hydrogen) atoms. The fourth-order valence-electron chi connectivity index (χ4n) is 5.58. The van der Waals surface area contributed by atoms with E-state index in [0.29, 0.717) is 21.5 Å². The van der Waals surface area contributed by atoms with Crippen LogP contribution < -0.4 is 14.8 Å². The fraction of sp³-hybridized carbons (Fsp3) is 0.522. The third kappa shape index (κ3) is 3.18. The molecule has 0 saturated heterocycles. The number of nitriles is 1. The standard InChI is InChI=1S/C23H22ClN3O4S/c24-13-1-2-17-15(5-13)16(28)6-18(31-17)20(29)27-23-9-22(10-23,11-23)19-8-32-21(26-19)30-14-3-12(4-14)7-25/h1-2,5,8,12,14,16,18,28H,3-4,6,9-11H2,(H,27,29)/t12-,14+,16-,18-,22?,23?/m1/s1. The van der Waals surface area contributed by atoms with Gasteiger partial charge in [0.25, 0.3) is 11.1 Å². The number of aliphatic hydroxyl groups excluding tert-OH is 1. The lowest BCUT2D eigenvalue weighted by molar-refractivity contribution is -0.147. The van der Waals surface area contributed by atoms with Crippen LogP contribution in [0.3, 0.4) is 0 Å². The number of nitrogens with zero attached hydrogens (tertiary/aromatic N) is 2. The molecule has 4 aliphatic carbocycles. The molecule has 4 fully saturated rings. The molecular weight excluding hydrogens is 450 g/mol. The minimum absolute atomic E-state index is 0.0243. The Bertz CT molecular complexity index is 1120. The summed E-state index contributed by atoms with van der Waals surface area (Å²) < 4.78 is 11.8. The number of hydrogen-bond acceptors (Lipinski definition) is 7. The third-order valence-corrected chi connectivity index (χ3v) is 8.29. The smallest absolute Gasteiger partial charge is 0.273 e. The van der Waals surface area contributed by atoms with Gasteiger partial charge in [-0.25, -0.2) is 4.98 Å². The highest BCUT2D eigenvalue weighted by atomic mass is 35.5. The zero-order valence-electron chi connectivity index (χ0n) is 17.2. The number of amides is 1. The Balaban J connectivity index is 1.04. The zero-order valence-corrected chi connectivity index (χ0v) is 18.8. The van der Waals surface area contributed by atoms with Crippen molar-refractivity contribution in [2.75, 3.05) is 0 Å². The number of rotatable bonds is 5. The summed E-state index contributed by atoms with van der Waals surface area (Å²) in [4.78, 5) is 17.6. The summed E-state index contributed by atoms with van der Waals surface area (Å²) in [5, 5.41) is 25.8. The maximum absolute atomic E-state index is 12.9. The highest BCUT2D eigenvalue weighted by molar-refractivity contribution is 7.11. The molecule has 166 valence electrons. The number of carbonyl (C=O) groups is 1. The van der Waals surface area contributed by atoms with E-state index in [1.807, 2.05) is 0 Å². The summed E-state index contributed by atoms with van der Waals surface area (Å²) in [6.07, 6.45) is 2.94. The van der Waals surface area contributed by atoms with Gasteiger partial charge in [0.1, 0.15) is 11.9 Å². The molecule has 7 nitrogen and oxygen atoms in total. The van der Waals surface area contributed by atoms with Crippen molar-refractivity contribution in [1.82, 2.24) is 10.3 Å². The fourth-order valence-corrected chi connectivity index (χ4v) is 6.62. The monoisotopic (exact) mass is 471 g/mol. The molecule has 1 aromatic carbocycles. The van der Waals surface area contributed by atoms with Crippen molar-refractivity contribution in [3.05, 3.63) is 39.9 Å². The van der Waals surface area contributed by atoms with Crippen molar-refractivity contribution < 1.29 is 19.4 Å². The molecule has 1 amide bonds. The second-order valence-electron chi connectivity index (χ2n) is 9.66. The van der Waals surface area contributed by atoms with Crippen molar-refractivity contribution in [3.63, 3.8) is 0 Å². The van der Waals surface area contributed by atoms with Crippen LogP contribution >= 0.6 is 22.9 Å². The molecule has 1 aliphatic heterocycles. The Hall–Kier alpha value is -2.34. The van der Waals surface area contributed by atoms with Gasteiger partial charge >= 0.3 is 0 Å². The second kappa shape index (κ2) is 7.08. The first-order valence-corrected chi connectivity index (χ1v) is 12.1. The Morgan fingerprint density at radius 3 is 2.88 bits per heavy atom. The van der Waals surface area contributed by atoms with E-state index in [4.69, 9.17) is 26.3 Å². The molecule has 2 heterocycles. The van der Waals surface area contributed by atoms with Crippen molar-refractivity contribution in [3.8, 4) is 17.0 Å². The summed E-state index contributed by atoms with van der Waals surface area (Å²) in [7, 11) is 0. The van der Waals surface area contributed by atoms with Crippen LogP contribution in [0.25, 0.3) is 0 Å². The summed E-state index contributed by atoms with van der Waals surface area (Å²) in [5.41, 5.74) is 1.48. The van der Waals surface area contributed by atoms with Gasteiger partial charge in [-0.15, -0.1) is 0 Å². The molecule has 9 heteroatoms. The van der Waals surface area contributed by atoms with Crippen LogP contribution in [0.15, 0.2) is 23.6 Å². The predicted octanol–water partition coefficient (Wildman–Crippen LogP) is 3.65. The second-order valence-corrected chi connectivity index (χ2v) is 10.9. The van der Waals surface area contributed by atoms with E-state index in [-0.39, 0.29) is 35.3 Å². The highest BCUT2D eigenvalue weighted by Crippen LogP contribution is 2.68. The molecule has 0 spiro atoms. The topological polar surface area (TPSA) is 104 Å². The number of hydrogen-bond donors (Lipinski definition) is 2. The van der Waals surface area contributed by atoms with Crippen LogP contribution in [0, 0.1) is 17.2 Å². The van der Waals surface area contributed by atoms with Gasteiger partial charge in [0.05, 0.1) is 23.8 Å². The summed E-state index contributed by atoms with van der Waals surface area (Å²) in [5.74, 6) is 0.434. The summed E-state index contributed by atoms with van der Waals surface area (Å²) in [6.45, 7) is 0. The molecule has 2 bridgehead atoms. The summed E-state index contributed by atoms with van der Waals surface area (Å²) >= 11 is 7.51. The first kappa shape index (κ1) is 20.3. The Labute approximate surface area is 194 Å². The number of thiazole rings is 1. The molecule has 4 saturated carbocycles. The van der Waals surface area contributed by atoms with Crippen LogP contribution in [0.2, 0.25) is 5.02 Å². The lowest BCUT2D eigenvalue weighted by atomic mass is 9.38. The van der Waals surface area contributed by atoms with E-state index < -0.39 is 12.2 Å². The molecule has 7 rings (SSSR count). The van der Waals surface area contributed by atoms with Gasteiger partial charge < -0.3 is 19.9 Å². The van der Waals surface area contributed by atoms with Crippen LogP contribution in [0.5, 0.6) is 10.9 Å². The molecule has 1 aromatic heterocycles. The van der Waals surface area contributed by atoms with Crippen LogP contribution in [0.1, 0.15) is 55.9 Å². The summed E-state index contributed by atoms with van der Waals surface area (Å²) in [6, 6.07) is 7.33. The van der Waals surface area contributed by atoms with Gasteiger partial charge in [0.15, 0.2) is 6.10 Å². The first-order chi connectivity index (χ1) is 15.4. The van der Waals surface area contributed by atoms with Gasteiger partial charge in [-0.3, -0.25) is 4.79 Å². The SMILES string of the molecule is N#C[C@H]1C[C@@H](Oc2nc(C34CC(NC(=O)[C@H]5C[C@@H](O)c6cc(Cl)ccc6O5)(C3)C4)cs2)C1. The number of aliphatic hydroxyl groups is 1. The predicted molar refractivity (Wildman–Crippen MR) is 117 cm³/mol. The van der Waals surface area contributed by atoms with E-state index in [1.54, 1.807) is 18.2 Å². The molecule has 2 atom stereocenters. The number of nitrogens with one attached hydrogen (secondary N) is 1.